The number of fused-ring (bicyclic) bond motifs is 1. The van der Waals surface area contributed by atoms with Crippen LogP contribution in [0.15, 0.2) is 38.9 Å². The molecular formula is C17H15BrN4O3S. The number of aromatic hydroxyl groups is 1. The molecule has 0 unspecified atom stereocenters. The monoisotopic (exact) mass is 434 g/mol. The zero-order valence-electron chi connectivity index (χ0n) is 14.0. The number of aromatic nitrogens is 2. The molecule has 0 bridgehead atoms. The number of hydrogen-bond acceptors (Lipinski definition) is 6. The van der Waals surface area contributed by atoms with Gasteiger partial charge >= 0.3 is 0 Å². The van der Waals surface area contributed by atoms with Crippen molar-refractivity contribution in [1.29, 1.82) is 0 Å². The van der Waals surface area contributed by atoms with Crippen molar-refractivity contribution in [1.82, 2.24) is 15.0 Å². The fourth-order valence-corrected chi connectivity index (χ4v) is 3.74. The average molecular weight is 435 g/mol. The van der Waals surface area contributed by atoms with Crippen LogP contribution in [-0.4, -0.2) is 26.8 Å². The molecule has 2 N–H and O–H groups in total. The van der Waals surface area contributed by atoms with Gasteiger partial charge in [0, 0.05) is 14.9 Å². The molecular weight excluding hydrogens is 420 g/mol. The van der Waals surface area contributed by atoms with E-state index in [4.69, 9.17) is 0 Å². The largest absolute Gasteiger partial charge is 0.507 e. The van der Waals surface area contributed by atoms with Crippen molar-refractivity contribution in [2.75, 3.05) is 0 Å². The van der Waals surface area contributed by atoms with Crippen LogP contribution in [0.1, 0.15) is 16.0 Å². The molecule has 0 aliphatic carbocycles. The lowest BCUT2D eigenvalue weighted by atomic mass is 10.2. The molecule has 1 aromatic carbocycles. The molecule has 2 heterocycles. The van der Waals surface area contributed by atoms with Crippen LogP contribution >= 0.6 is 27.3 Å². The van der Waals surface area contributed by atoms with Crippen LogP contribution < -0.4 is 11.0 Å². The average Bonchev–Trinajstić information content (AvgIpc) is 2.88. The highest BCUT2D eigenvalue weighted by molar-refractivity contribution is 9.10. The van der Waals surface area contributed by atoms with Gasteiger partial charge in [-0.05, 0) is 37.6 Å². The smallest absolute Gasteiger partial charge is 0.262 e. The summed E-state index contributed by atoms with van der Waals surface area (Å²) in [5, 5.41) is 14.1. The fraction of sp³-hybridized carbons (Fsp3) is 0.176. The van der Waals surface area contributed by atoms with Crippen LogP contribution in [0.3, 0.4) is 0 Å². The van der Waals surface area contributed by atoms with Crippen molar-refractivity contribution in [2.45, 2.75) is 20.4 Å². The van der Waals surface area contributed by atoms with Gasteiger partial charge in [-0.15, -0.1) is 11.3 Å². The van der Waals surface area contributed by atoms with E-state index in [2.05, 4.69) is 31.4 Å². The Morgan fingerprint density at radius 1 is 1.46 bits per heavy atom. The third-order valence-electron chi connectivity index (χ3n) is 3.85. The molecule has 134 valence electrons. The van der Waals surface area contributed by atoms with Crippen LogP contribution in [0.5, 0.6) is 5.75 Å². The lowest BCUT2D eigenvalue weighted by Gasteiger charge is -2.04. The lowest BCUT2D eigenvalue weighted by molar-refractivity contribution is -0.121. The van der Waals surface area contributed by atoms with Gasteiger partial charge in [0.2, 0.25) is 0 Å². The summed E-state index contributed by atoms with van der Waals surface area (Å²) < 4.78 is 2.03. The molecule has 0 atom stereocenters. The van der Waals surface area contributed by atoms with Gasteiger partial charge in [0.05, 0.1) is 17.9 Å². The zero-order chi connectivity index (χ0) is 18.8. The highest BCUT2D eigenvalue weighted by Gasteiger charge is 2.13. The van der Waals surface area contributed by atoms with Crippen LogP contribution in [0.4, 0.5) is 0 Å². The standard InChI is InChI=1S/C17H15BrN4O3S/c1-9-10(2)26-16-15(9)17(25)22(8-19-16)7-14(24)21-20-6-11-5-12(18)3-4-13(11)23/h3-6,8,23H,7H2,1-2H3,(H,21,24)/b20-6+. The molecule has 9 heteroatoms. The minimum Gasteiger partial charge on any atom is -0.507 e. The molecule has 7 nitrogen and oxygen atoms in total. The number of nitrogens with one attached hydrogen (secondary N) is 1. The zero-order valence-corrected chi connectivity index (χ0v) is 16.4. The maximum Gasteiger partial charge on any atom is 0.262 e. The molecule has 1 amide bonds. The Bertz CT molecular complexity index is 1090. The second kappa shape index (κ2) is 7.38. The molecule has 0 saturated heterocycles. The minimum absolute atomic E-state index is 0.0420. The third-order valence-corrected chi connectivity index (χ3v) is 5.46. The number of phenolic OH excluding ortho intramolecular Hbond substituents is 1. The Hall–Kier alpha value is -2.52. The molecule has 0 radical (unpaired) electrons. The van der Waals surface area contributed by atoms with E-state index in [1.807, 2.05) is 13.8 Å². The summed E-state index contributed by atoms with van der Waals surface area (Å²) in [5.41, 5.74) is 3.43. The van der Waals surface area contributed by atoms with Gasteiger partial charge in [0.15, 0.2) is 0 Å². The summed E-state index contributed by atoms with van der Waals surface area (Å²) >= 11 is 4.75. The molecule has 3 rings (SSSR count). The summed E-state index contributed by atoms with van der Waals surface area (Å²) in [5.74, 6) is -0.427. The first-order valence-electron chi connectivity index (χ1n) is 7.62. The van der Waals surface area contributed by atoms with E-state index in [0.29, 0.717) is 15.8 Å². The second-order valence-electron chi connectivity index (χ2n) is 5.64. The highest BCUT2D eigenvalue weighted by atomic mass is 79.9. The molecule has 0 spiro atoms. The molecule has 0 fully saturated rings. The second-order valence-corrected chi connectivity index (χ2v) is 7.76. The van der Waals surface area contributed by atoms with Gasteiger partial charge in [0.25, 0.3) is 11.5 Å². The van der Waals surface area contributed by atoms with E-state index in [-0.39, 0.29) is 17.9 Å². The lowest BCUT2D eigenvalue weighted by Crippen LogP contribution is -2.30. The Labute approximate surface area is 161 Å². The van der Waals surface area contributed by atoms with E-state index in [1.54, 1.807) is 12.1 Å². The van der Waals surface area contributed by atoms with Gasteiger partial charge in [-0.3, -0.25) is 14.2 Å². The van der Waals surface area contributed by atoms with Gasteiger partial charge in [-0.25, -0.2) is 10.4 Å². The summed E-state index contributed by atoms with van der Waals surface area (Å²) in [4.78, 5) is 30.6. The summed E-state index contributed by atoms with van der Waals surface area (Å²) in [6, 6.07) is 4.86. The predicted octanol–water partition coefficient (Wildman–Crippen LogP) is 2.69. The van der Waals surface area contributed by atoms with Crippen LogP contribution in [0.2, 0.25) is 0 Å². The molecule has 3 aromatic rings. The third kappa shape index (κ3) is 3.68. The molecule has 0 aliphatic heterocycles. The first kappa shape index (κ1) is 18.3. The first-order valence-corrected chi connectivity index (χ1v) is 9.23. The summed E-state index contributed by atoms with van der Waals surface area (Å²) in [6.45, 7) is 3.61. The Morgan fingerprint density at radius 2 is 2.23 bits per heavy atom. The van der Waals surface area contributed by atoms with Crippen LogP contribution in [-0.2, 0) is 11.3 Å². The van der Waals surface area contributed by atoms with Crippen molar-refractivity contribution in [3.63, 3.8) is 0 Å². The first-order chi connectivity index (χ1) is 12.4. The normalized spacial score (nSPS) is 11.3. The number of rotatable bonds is 4. The number of carbonyl (C=O) groups excluding carboxylic acids is 1. The Kier molecular flexibility index (Phi) is 5.19. The number of amides is 1. The van der Waals surface area contributed by atoms with E-state index in [0.717, 1.165) is 14.9 Å². The molecule has 26 heavy (non-hydrogen) atoms. The molecule has 0 aliphatic rings. The Balaban J connectivity index is 1.74. The van der Waals surface area contributed by atoms with E-state index in [1.165, 1.54) is 34.5 Å². The maximum atomic E-state index is 12.5. The van der Waals surface area contributed by atoms with Crippen molar-refractivity contribution in [2.24, 2.45) is 5.10 Å². The van der Waals surface area contributed by atoms with E-state index >= 15 is 0 Å². The number of phenols is 1. The molecule has 0 saturated carbocycles. The van der Waals surface area contributed by atoms with Gasteiger partial charge in [-0.1, -0.05) is 15.9 Å². The van der Waals surface area contributed by atoms with Gasteiger partial charge in [-0.2, -0.15) is 5.10 Å². The number of thiophene rings is 1. The molecule has 2 aromatic heterocycles. The van der Waals surface area contributed by atoms with Crippen LogP contribution in [0.25, 0.3) is 10.2 Å². The predicted molar refractivity (Wildman–Crippen MR) is 105 cm³/mol. The number of hydrogen-bond donors (Lipinski definition) is 2. The van der Waals surface area contributed by atoms with Crippen molar-refractivity contribution < 1.29 is 9.90 Å². The number of nitrogens with zero attached hydrogens (tertiary/aromatic N) is 3. The quantitative estimate of drug-likeness (QED) is 0.487. The van der Waals surface area contributed by atoms with Gasteiger partial charge < -0.3 is 5.11 Å². The number of carbonyl (C=O) groups is 1. The topological polar surface area (TPSA) is 96.6 Å². The van der Waals surface area contributed by atoms with Gasteiger partial charge in [0.1, 0.15) is 17.1 Å². The maximum absolute atomic E-state index is 12.5. The number of aryl methyl sites for hydroxylation is 2. The van der Waals surface area contributed by atoms with Crippen molar-refractivity contribution >= 4 is 49.6 Å². The van der Waals surface area contributed by atoms with Crippen LogP contribution in [0, 0.1) is 13.8 Å². The van der Waals surface area contributed by atoms with E-state index in [9.17, 15) is 14.7 Å². The number of benzene rings is 1. The van der Waals surface area contributed by atoms with E-state index < -0.39 is 5.91 Å². The SMILES string of the molecule is Cc1sc2ncn(CC(=O)N/N=C/c3cc(Br)ccc3O)c(=O)c2c1C. The minimum atomic E-state index is -0.469. The summed E-state index contributed by atoms with van der Waals surface area (Å²) in [7, 11) is 0. The summed E-state index contributed by atoms with van der Waals surface area (Å²) in [6.07, 6.45) is 2.69. The Morgan fingerprint density at radius 3 is 3.00 bits per heavy atom. The van der Waals surface area contributed by atoms with Crippen molar-refractivity contribution in [3.8, 4) is 5.75 Å². The number of halogens is 1. The number of hydrazone groups is 1. The fourth-order valence-electron chi connectivity index (χ4n) is 2.38. The highest BCUT2D eigenvalue weighted by Crippen LogP contribution is 2.25. The van der Waals surface area contributed by atoms with Crippen molar-refractivity contribution in [3.05, 3.63) is 55.4 Å².